The van der Waals surface area contributed by atoms with Crippen molar-refractivity contribution in [1.29, 1.82) is 0 Å². The van der Waals surface area contributed by atoms with Crippen LogP contribution in [0.25, 0.3) is 38.8 Å². The van der Waals surface area contributed by atoms with E-state index in [9.17, 15) is 0 Å². The van der Waals surface area contributed by atoms with Gasteiger partial charge in [-0.3, -0.25) is 0 Å². The summed E-state index contributed by atoms with van der Waals surface area (Å²) in [6.45, 7) is 4.48. The SMILES string of the molecule is CC(C)c1ccccc1-c1ccnc(-n2c3[c-]c(Sc4[c-]c(N5[OH+]N(C)c6ccccc65)ccc4)ccc3c3ccccc32)c1.[Pt]. The van der Waals surface area contributed by atoms with E-state index in [2.05, 4.69) is 128 Å². The summed E-state index contributed by atoms with van der Waals surface area (Å²) in [5.41, 5.74) is 8.86. The van der Waals surface area contributed by atoms with E-state index < -0.39 is 0 Å². The largest absolute Gasteiger partial charge is 0.319 e. The third-order valence-corrected chi connectivity index (χ3v) is 9.22. The van der Waals surface area contributed by atoms with Gasteiger partial charge in [0.25, 0.3) is 0 Å². The van der Waals surface area contributed by atoms with Gasteiger partial charge in [0, 0.05) is 38.5 Å². The fraction of sp³-hybridized carbons (Fsp3) is 0.103. The van der Waals surface area contributed by atoms with E-state index >= 15 is 0 Å². The maximum atomic E-state index is 4.89. The molecule has 3 heterocycles. The number of hydrogen-bond acceptors (Lipinski definition) is 4. The smallest absolute Gasteiger partial charge is 0.145 e. The molecule has 46 heavy (non-hydrogen) atoms. The minimum Gasteiger partial charge on any atom is -0.319 e. The Bertz CT molecular complexity index is 2210. The van der Waals surface area contributed by atoms with Gasteiger partial charge in [0.15, 0.2) is 0 Å². The van der Waals surface area contributed by atoms with E-state index in [1.165, 1.54) is 16.5 Å². The molecule has 7 heteroatoms. The van der Waals surface area contributed by atoms with Crippen molar-refractivity contribution in [3.05, 3.63) is 139 Å². The number of anilines is 3. The van der Waals surface area contributed by atoms with Crippen LogP contribution < -0.4 is 10.1 Å². The van der Waals surface area contributed by atoms with Crippen LogP contribution in [0.2, 0.25) is 0 Å². The summed E-state index contributed by atoms with van der Waals surface area (Å²) in [6.07, 6.45) is 1.92. The molecule has 8 rings (SSSR count). The van der Waals surface area contributed by atoms with Gasteiger partial charge in [0.1, 0.15) is 17.2 Å². The molecule has 5 aromatic carbocycles. The zero-order valence-corrected chi connectivity index (χ0v) is 28.7. The molecule has 0 fully saturated rings. The number of aromatic nitrogens is 2. The molecule has 5 nitrogen and oxygen atoms in total. The second-order valence-electron chi connectivity index (χ2n) is 11.5. The second kappa shape index (κ2) is 12.4. The zero-order chi connectivity index (χ0) is 30.5. The zero-order valence-electron chi connectivity index (χ0n) is 25.6. The molecule has 0 aliphatic carbocycles. The van der Waals surface area contributed by atoms with Gasteiger partial charge in [-0.25, -0.2) is 4.98 Å². The van der Waals surface area contributed by atoms with Gasteiger partial charge in [-0.1, -0.05) is 74.0 Å². The van der Waals surface area contributed by atoms with Crippen LogP contribution in [-0.2, 0) is 21.1 Å². The van der Waals surface area contributed by atoms with E-state index in [4.69, 9.17) is 9.92 Å². The van der Waals surface area contributed by atoms with Crippen LogP contribution in [0.3, 0.4) is 0 Å². The molecule has 0 bridgehead atoms. The summed E-state index contributed by atoms with van der Waals surface area (Å²) in [6, 6.07) is 47.6. The van der Waals surface area contributed by atoms with E-state index in [0.717, 1.165) is 54.7 Å². The molecule has 230 valence electrons. The molecule has 0 spiro atoms. The van der Waals surface area contributed by atoms with Crippen molar-refractivity contribution in [2.24, 2.45) is 0 Å². The van der Waals surface area contributed by atoms with Gasteiger partial charge in [-0.2, -0.15) is 29.2 Å². The van der Waals surface area contributed by atoms with Crippen LogP contribution in [-0.4, -0.2) is 21.5 Å². The summed E-state index contributed by atoms with van der Waals surface area (Å²) in [4.78, 5) is 11.6. The molecule has 7 aromatic rings. The quantitative estimate of drug-likeness (QED) is 0.124. The molecule has 0 saturated heterocycles. The number of benzene rings is 5. The number of fused-ring (bicyclic) bond motifs is 4. The number of rotatable bonds is 6. The van der Waals surface area contributed by atoms with Crippen LogP contribution in [0.1, 0.15) is 25.3 Å². The number of nitrogens with zero attached hydrogens (tertiary/aromatic N) is 4. The van der Waals surface area contributed by atoms with E-state index in [1.807, 2.05) is 41.6 Å². The molecule has 1 aliphatic rings. The second-order valence-corrected chi connectivity index (χ2v) is 12.6. The third-order valence-electron chi connectivity index (χ3n) is 8.31. The number of hydroxylamine groups is 1. The average molecular weight is 799 g/mol. The maximum Gasteiger partial charge on any atom is 0.145 e. The summed E-state index contributed by atoms with van der Waals surface area (Å²) in [7, 11) is 1.97. The molecule has 0 amide bonds. The van der Waals surface area contributed by atoms with E-state index in [-0.39, 0.29) is 21.1 Å². The normalized spacial score (nSPS) is 12.6. The van der Waals surface area contributed by atoms with Crippen LogP contribution in [0, 0.1) is 12.1 Å². The Balaban J connectivity index is 0.00000338. The summed E-state index contributed by atoms with van der Waals surface area (Å²) < 4.78 is 2.24. The minimum absolute atomic E-state index is 0. The molecule has 1 aliphatic heterocycles. The van der Waals surface area contributed by atoms with Crippen LogP contribution >= 0.6 is 11.8 Å². The van der Waals surface area contributed by atoms with Gasteiger partial charge in [-0.05, 0) is 58.3 Å². The van der Waals surface area contributed by atoms with Crippen molar-refractivity contribution in [3.63, 3.8) is 0 Å². The number of para-hydroxylation sites is 3. The maximum absolute atomic E-state index is 4.89. The Morgan fingerprint density at radius 3 is 2.37 bits per heavy atom. The first-order chi connectivity index (χ1) is 22.0. The first kappa shape index (κ1) is 30.3. The first-order valence-electron chi connectivity index (χ1n) is 15.1. The molecule has 0 atom stereocenters. The van der Waals surface area contributed by atoms with Gasteiger partial charge in [-0.15, -0.1) is 55.3 Å². The average Bonchev–Trinajstić information content (AvgIpc) is 3.59. The van der Waals surface area contributed by atoms with Gasteiger partial charge < -0.3 is 4.57 Å². The standard InChI is InChI=1S/C39H30N4OS.Pt/c1-26(2)31-13-4-5-14-32(31)27-21-22-40-39(23-27)42-35-16-7-6-15-33(35)34-20-19-30(25-38(34)42)45-29-12-10-11-28(24-29)43-37-18-9-8-17-36(37)41(3)44-43;/h4-23,26H,1-3H3;/q-2;/p+1. The minimum atomic E-state index is 0. The molecule has 0 saturated carbocycles. The van der Waals surface area contributed by atoms with Crippen molar-refractivity contribution in [2.45, 2.75) is 29.6 Å². The monoisotopic (exact) mass is 798 g/mol. The van der Waals surface area contributed by atoms with Crippen molar-refractivity contribution in [2.75, 3.05) is 17.2 Å². The molecule has 1 N–H and O–H groups in total. The Kier molecular flexibility index (Phi) is 8.20. The van der Waals surface area contributed by atoms with Crippen LogP contribution in [0.5, 0.6) is 0 Å². The van der Waals surface area contributed by atoms with Crippen LogP contribution in [0.15, 0.2) is 131 Å². The fourth-order valence-electron chi connectivity index (χ4n) is 6.21. The summed E-state index contributed by atoms with van der Waals surface area (Å²) in [5, 5.41) is 6.17. The molecule has 0 radical (unpaired) electrons. The third kappa shape index (κ3) is 5.31. The first-order valence-corrected chi connectivity index (χ1v) is 15.9. The van der Waals surface area contributed by atoms with Crippen molar-refractivity contribution in [1.82, 2.24) is 9.55 Å². The van der Waals surface area contributed by atoms with Gasteiger partial charge in [0.2, 0.25) is 0 Å². The van der Waals surface area contributed by atoms with Crippen molar-refractivity contribution < 1.29 is 26.0 Å². The van der Waals surface area contributed by atoms with E-state index in [0.29, 0.717) is 5.92 Å². The van der Waals surface area contributed by atoms with Crippen LogP contribution in [0.4, 0.5) is 17.1 Å². The Morgan fingerprint density at radius 2 is 1.50 bits per heavy atom. The van der Waals surface area contributed by atoms with E-state index in [1.54, 1.807) is 11.8 Å². The topological polar surface area (TPSA) is 37.1 Å². The van der Waals surface area contributed by atoms with Crippen molar-refractivity contribution in [3.8, 4) is 16.9 Å². The fourth-order valence-corrected chi connectivity index (χ4v) is 7.03. The molecule has 2 aromatic heterocycles. The molecular weight excluding hydrogens is 768 g/mol. The Labute approximate surface area is 287 Å². The van der Waals surface area contributed by atoms with Gasteiger partial charge in [0.05, 0.1) is 7.05 Å². The molecular formula is C39H31N4OPtS-. The predicted octanol–water partition coefficient (Wildman–Crippen LogP) is 10.1. The Morgan fingerprint density at radius 1 is 0.739 bits per heavy atom. The summed E-state index contributed by atoms with van der Waals surface area (Å²) >= 11 is 1.65. The molecule has 0 unspecified atom stereocenters. The predicted molar refractivity (Wildman–Crippen MR) is 185 cm³/mol. The van der Waals surface area contributed by atoms with Crippen molar-refractivity contribution >= 4 is 50.6 Å². The summed E-state index contributed by atoms with van der Waals surface area (Å²) in [5.74, 6) is 1.30. The Hall–Kier alpha value is -4.35. The number of pyridine rings is 1. The number of hydrogen-bond donors (Lipinski definition) is 0. The van der Waals surface area contributed by atoms with Gasteiger partial charge >= 0.3 is 0 Å².